The molecule has 0 atom stereocenters. The summed E-state index contributed by atoms with van der Waals surface area (Å²) < 4.78 is 11.8. The number of aryl methyl sites for hydroxylation is 3. The molecule has 1 aromatic heterocycles. The van der Waals surface area contributed by atoms with E-state index in [2.05, 4.69) is 0 Å². The van der Waals surface area contributed by atoms with E-state index in [0.717, 1.165) is 39.5 Å². The Morgan fingerprint density at radius 2 is 1.81 bits per heavy atom. The fourth-order valence-electron chi connectivity index (χ4n) is 2.85. The minimum Gasteiger partial charge on any atom is -0.489 e. The lowest BCUT2D eigenvalue weighted by Gasteiger charge is -2.09. The zero-order valence-electron chi connectivity index (χ0n) is 15.0. The van der Waals surface area contributed by atoms with Crippen LogP contribution in [0.15, 0.2) is 59.0 Å². The van der Waals surface area contributed by atoms with Crippen LogP contribution in [0, 0.1) is 13.8 Å². The van der Waals surface area contributed by atoms with Gasteiger partial charge in [-0.2, -0.15) is 0 Å². The summed E-state index contributed by atoms with van der Waals surface area (Å²) in [5.74, 6) is 1.67. The molecule has 0 spiro atoms. The van der Waals surface area contributed by atoms with Crippen LogP contribution in [0.2, 0.25) is 0 Å². The van der Waals surface area contributed by atoms with Crippen LogP contribution in [0.4, 0.5) is 0 Å². The normalized spacial score (nSPS) is 10.7. The number of ether oxygens (including phenoxy) is 1. The molecule has 0 saturated carbocycles. The molecule has 0 fully saturated rings. The van der Waals surface area contributed by atoms with Gasteiger partial charge in [0, 0.05) is 17.5 Å². The first-order valence-corrected chi connectivity index (χ1v) is 8.62. The van der Waals surface area contributed by atoms with Gasteiger partial charge in [-0.15, -0.1) is 0 Å². The molecular formula is C22H22O4. The van der Waals surface area contributed by atoms with Crippen LogP contribution in [0.1, 0.15) is 28.9 Å². The summed E-state index contributed by atoms with van der Waals surface area (Å²) in [6.07, 6.45) is 0.667. The standard InChI is InChI=1S/C22H22O4/c1-15-12-20(10-8-17(15)9-11-22(23)24)25-14-19-13-21(26-16(19)2)18-6-4-3-5-7-18/h3-8,10,12-13H,9,11,14H2,1-2H3,(H,23,24). The predicted octanol–water partition coefficient (Wildman–Crippen LogP) is 5.16. The smallest absolute Gasteiger partial charge is 0.303 e. The van der Waals surface area contributed by atoms with Gasteiger partial charge in [-0.25, -0.2) is 0 Å². The molecule has 0 aliphatic rings. The molecule has 1 N–H and O–H groups in total. The average molecular weight is 350 g/mol. The van der Waals surface area contributed by atoms with Crippen molar-refractivity contribution in [2.24, 2.45) is 0 Å². The summed E-state index contributed by atoms with van der Waals surface area (Å²) in [4.78, 5) is 10.7. The molecule has 0 bridgehead atoms. The van der Waals surface area contributed by atoms with Gasteiger partial charge in [0.1, 0.15) is 23.9 Å². The minimum absolute atomic E-state index is 0.136. The van der Waals surface area contributed by atoms with E-state index in [4.69, 9.17) is 14.3 Å². The number of hydrogen-bond acceptors (Lipinski definition) is 3. The van der Waals surface area contributed by atoms with Gasteiger partial charge in [-0.05, 0) is 49.6 Å². The van der Waals surface area contributed by atoms with Gasteiger partial charge in [0.25, 0.3) is 0 Å². The quantitative estimate of drug-likeness (QED) is 0.639. The second-order valence-corrected chi connectivity index (χ2v) is 6.33. The summed E-state index contributed by atoms with van der Waals surface area (Å²) in [6, 6.07) is 17.8. The van der Waals surface area contributed by atoms with Crippen molar-refractivity contribution in [1.29, 1.82) is 0 Å². The summed E-state index contributed by atoms with van der Waals surface area (Å²) in [5, 5.41) is 8.81. The molecule has 134 valence electrons. The van der Waals surface area contributed by atoms with Gasteiger partial charge >= 0.3 is 5.97 Å². The third-order valence-electron chi connectivity index (χ3n) is 4.40. The van der Waals surface area contributed by atoms with Gasteiger partial charge in [-0.1, -0.05) is 36.4 Å². The highest BCUT2D eigenvalue weighted by atomic mass is 16.5. The monoisotopic (exact) mass is 350 g/mol. The van der Waals surface area contributed by atoms with Crippen molar-refractivity contribution in [2.75, 3.05) is 0 Å². The van der Waals surface area contributed by atoms with Gasteiger partial charge in [-0.3, -0.25) is 4.79 Å². The van der Waals surface area contributed by atoms with Crippen LogP contribution in [-0.2, 0) is 17.8 Å². The number of carboxylic acid groups (broad SMARTS) is 1. The van der Waals surface area contributed by atoms with Crippen molar-refractivity contribution in [3.05, 3.63) is 77.0 Å². The molecule has 3 aromatic rings. The number of aliphatic carboxylic acids is 1. The minimum atomic E-state index is -0.783. The molecule has 2 aromatic carbocycles. The Morgan fingerprint density at radius 3 is 2.50 bits per heavy atom. The van der Waals surface area contributed by atoms with E-state index < -0.39 is 5.97 Å². The van der Waals surface area contributed by atoms with Crippen molar-refractivity contribution in [3.8, 4) is 17.1 Å². The molecule has 0 amide bonds. The molecule has 0 saturated heterocycles. The third kappa shape index (κ3) is 4.33. The molecule has 26 heavy (non-hydrogen) atoms. The number of furan rings is 1. The number of benzene rings is 2. The molecular weight excluding hydrogens is 328 g/mol. The topological polar surface area (TPSA) is 59.7 Å². The second kappa shape index (κ2) is 7.91. The van der Waals surface area contributed by atoms with Crippen LogP contribution in [0.3, 0.4) is 0 Å². The summed E-state index contributed by atoms with van der Waals surface area (Å²) in [6.45, 7) is 4.34. The third-order valence-corrected chi connectivity index (χ3v) is 4.40. The van der Waals surface area contributed by atoms with Crippen LogP contribution in [0.5, 0.6) is 5.75 Å². The molecule has 0 aliphatic carbocycles. The molecule has 4 heteroatoms. The molecule has 0 unspecified atom stereocenters. The maximum Gasteiger partial charge on any atom is 0.303 e. The first-order valence-electron chi connectivity index (χ1n) is 8.62. The van der Waals surface area contributed by atoms with E-state index in [1.165, 1.54) is 0 Å². The van der Waals surface area contributed by atoms with Gasteiger partial charge in [0.2, 0.25) is 0 Å². The van der Waals surface area contributed by atoms with Crippen LogP contribution in [-0.4, -0.2) is 11.1 Å². The van der Waals surface area contributed by atoms with E-state index in [0.29, 0.717) is 13.0 Å². The SMILES string of the molecule is Cc1cc(OCc2cc(-c3ccccc3)oc2C)ccc1CCC(=O)O. The van der Waals surface area contributed by atoms with Crippen LogP contribution in [0.25, 0.3) is 11.3 Å². The Hall–Kier alpha value is -3.01. The Bertz CT molecular complexity index is 894. The zero-order chi connectivity index (χ0) is 18.5. The van der Waals surface area contributed by atoms with Crippen LogP contribution >= 0.6 is 0 Å². The predicted molar refractivity (Wildman–Crippen MR) is 100 cm³/mol. The Balaban J connectivity index is 1.67. The number of carbonyl (C=O) groups is 1. The van der Waals surface area contributed by atoms with E-state index in [1.54, 1.807) is 0 Å². The molecule has 3 rings (SSSR count). The average Bonchev–Trinajstić information content (AvgIpc) is 3.00. The van der Waals surface area contributed by atoms with Crippen molar-refractivity contribution in [3.63, 3.8) is 0 Å². The summed E-state index contributed by atoms with van der Waals surface area (Å²) in [5.41, 5.74) is 4.13. The fourth-order valence-corrected chi connectivity index (χ4v) is 2.85. The van der Waals surface area contributed by atoms with Gasteiger partial charge < -0.3 is 14.3 Å². The molecule has 0 radical (unpaired) electrons. The Kier molecular flexibility index (Phi) is 5.42. The van der Waals surface area contributed by atoms with Crippen molar-refractivity contribution in [2.45, 2.75) is 33.3 Å². The zero-order valence-corrected chi connectivity index (χ0v) is 15.0. The second-order valence-electron chi connectivity index (χ2n) is 6.33. The Labute approximate surface area is 153 Å². The number of hydrogen-bond donors (Lipinski definition) is 1. The van der Waals surface area contributed by atoms with Crippen molar-refractivity contribution in [1.82, 2.24) is 0 Å². The highest BCUT2D eigenvalue weighted by molar-refractivity contribution is 5.67. The van der Waals surface area contributed by atoms with E-state index in [1.807, 2.05) is 68.4 Å². The number of carboxylic acids is 1. The maximum absolute atomic E-state index is 10.7. The lowest BCUT2D eigenvalue weighted by Crippen LogP contribution is -2.00. The largest absolute Gasteiger partial charge is 0.489 e. The fraction of sp³-hybridized carbons (Fsp3) is 0.227. The molecule has 1 heterocycles. The first-order chi connectivity index (χ1) is 12.5. The van der Waals surface area contributed by atoms with Crippen molar-refractivity contribution >= 4 is 5.97 Å². The number of rotatable bonds is 7. The van der Waals surface area contributed by atoms with E-state index in [-0.39, 0.29) is 6.42 Å². The van der Waals surface area contributed by atoms with E-state index in [9.17, 15) is 4.79 Å². The summed E-state index contributed by atoms with van der Waals surface area (Å²) >= 11 is 0. The van der Waals surface area contributed by atoms with Gasteiger partial charge in [0.15, 0.2) is 0 Å². The van der Waals surface area contributed by atoms with Crippen LogP contribution < -0.4 is 4.74 Å². The highest BCUT2D eigenvalue weighted by Crippen LogP contribution is 2.26. The molecule has 0 aliphatic heterocycles. The van der Waals surface area contributed by atoms with Crippen molar-refractivity contribution < 1.29 is 19.1 Å². The van der Waals surface area contributed by atoms with Gasteiger partial charge in [0.05, 0.1) is 0 Å². The molecule has 4 nitrogen and oxygen atoms in total. The Morgan fingerprint density at radius 1 is 1.04 bits per heavy atom. The lowest BCUT2D eigenvalue weighted by atomic mass is 10.0. The maximum atomic E-state index is 10.7. The summed E-state index contributed by atoms with van der Waals surface area (Å²) in [7, 11) is 0. The highest BCUT2D eigenvalue weighted by Gasteiger charge is 2.10. The first kappa shape index (κ1) is 17.8. The lowest BCUT2D eigenvalue weighted by molar-refractivity contribution is -0.136. The van der Waals surface area contributed by atoms with E-state index >= 15 is 0 Å².